The van der Waals surface area contributed by atoms with Gasteiger partial charge in [0.15, 0.2) is 0 Å². The third kappa shape index (κ3) is 2.80. The molecule has 0 aliphatic carbocycles. The Morgan fingerprint density at radius 1 is 1.40 bits per heavy atom. The van der Waals surface area contributed by atoms with Gasteiger partial charge in [0.2, 0.25) is 0 Å². The van der Waals surface area contributed by atoms with Crippen LogP contribution in [0, 0.1) is 0 Å². The van der Waals surface area contributed by atoms with Gasteiger partial charge in [-0.25, -0.2) is 0 Å². The topological polar surface area (TPSA) is 31.4 Å². The Kier molecular flexibility index (Phi) is 3.35. The minimum Gasteiger partial charge on any atom is -0.489 e. The van der Waals surface area contributed by atoms with Gasteiger partial charge < -0.3 is 9.47 Å². The molecule has 1 fully saturated rings. The molecule has 3 heteroatoms. The molecule has 15 heavy (non-hydrogen) atoms. The van der Waals surface area contributed by atoms with Crippen molar-refractivity contribution in [3.63, 3.8) is 0 Å². The van der Waals surface area contributed by atoms with Crippen LogP contribution in [0.5, 0.6) is 5.75 Å². The van der Waals surface area contributed by atoms with Gasteiger partial charge in [-0.1, -0.05) is 12.7 Å². The zero-order valence-electron chi connectivity index (χ0n) is 8.69. The van der Waals surface area contributed by atoms with E-state index in [2.05, 4.69) is 11.6 Å². The lowest BCUT2D eigenvalue weighted by molar-refractivity contribution is 0.0254. The fraction of sp³-hybridized carbons (Fsp3) is 0.417. The second-order valence-corrected chi connectivity index (χ2v) is 3.59. The van der Waals surface area contributed by atoms with Crippen LogP contribution >= 0.6 is 0 Å². The van der Waals surface area contributed by atoms with Crippen molar-refractivity contribution in [2.45, 2.75) is 18.9 Å². The smallest absolute Gasteiger partial charge is 0.138 e. The van der Waals surface area contributed by atoms with Gasteiger partial charge >= 0.3 is 0 Å². The maximum absolute atomic E-state index is 5.81. The maximum atomic E-state index is 5.81. The van der Waals surface area contributed by atoms with Crippen molar-refractivity contribution >= 4 is 6.08 Å². The second kappa shape index (κ2) is 4.94. The van der Waals surface area contributed by atoms with Crippen molar-refractivity contribution in [3.05, 3.63) is 30.6 Å². The van der Waals surface area contributed by atoms with Gasteiger partial charge in [0.1, 0.15) is 11.9 Å². The molecule has 2 rings (SSSR count). The number of hydrogen-bond acceptors (Lipinski definition) is 3. The molecule has 0 saturated carbocycles. The zero-order valence-corrected chi connectivity index (χ0v) is 8.69. The summed E-state index contributed by atoms with van der Waals surface area (Å²) in [6.07, 6.45) is 7.45. The minimum atomic E-state index is 0.264. The van der Waals surface area contributed by atoms with E-state index in [0.717, 1.165) is 37.4 Å². The number of pyridine rings is 1. The van der Waals surface area contributed by atoms with Crippen molar-refractivity contribution in [2.75, 3.05) is 13.2 Å². The largest absolute Gasteiger partial charge is 0.489 e. The highest BCUT2D eigenvalue weighted by Crippen LogP contribution is 2.18. The summed E-state index contributed by atoms with van der Waals surface area (Å²) >= 11 is 0. The minimum absolute atomic E-state index is 0.264. The molecule has 1 saturated heterocycles. The van der Waals surface area contributed by atoms with Gasteiger partial charge in [-0.15, -0.1) is 0 Å². The molecule has 1 aromatic rings. The Morgan fingerprint density at radius 3 is 2.93 bits per heavy atom. The Hall–Kier alpha value is -1.35. The first-order valence-electron chi connectivity index (χ1n) is 5.20. The van der Waals surface area contributed by atoms with E-state index in [1.807, 2.05) is 6.07 Å². The standard InChI is InChI=1S/C12H15NO2/c1-2-10-7-12(9-13-8-10)15-11-3-5-14-6-4-11/h2,7-9,11H,1,3-6H2. The van der Waals surface area contributed by atoms with Crippen LogP contribution < -0.4 is 4.74 Å². The molecular weight excluding hydrogens is 190 g/mol. The van der Waals surface area contributed by atoms with E-state index in [1.165, 1.54) is 0 Å². The van der Waals surface area contributed by atoms with Crippen molar-refractivity contribution in [1.29, 1.82) is 0 Å². The first-order valence-corrected chi connectivity index (χ1v) is 5.20. The summed E-state index contributed by atoms with van der Waals surface area (Å²) in [4.78, 5) is 4.09. The fourth-order valence-corrected chi connectivity index (χ4v) is 1.60. The van der Waals surface area contributed by atoms with Gasteiger partial charge in [-0.2, -0.15) is 0 Å². The number of nitrogens with zero attached hydrogens (tertiary/aromatic N) is 1. The van der Waals surface area contributed by atoms with Crippen LogP contribution in [0.15, 0.2) is 25.0 Å². The Morgan fingerprint density at radius 2 is 2.20 bits per heavy atom. The molecule has 0 radical (unpaired) electrons. The van der Waals surface area contributed by atoms with Crippen molar-refractivity contribution in [1.82, 2.24) is 4.98 Å². The van der Waals surface area contributed by atoms with Crippen LogP contribution in [-0.2, 0) is 4.74 Å². The number of aromatic nitrogens is 1. The predicted octanol–water partition coefficient (Wildman–Crippen LogP) is 2.28. The summed E-state index contributed by atoms with van der Waals surface area (Å²) in [7, 11) is 0. The Balaban J connectivity index is 1.99. The van der Waals surface area contributed by atoms with E-state index in [4.69, 9.17) is 9.47 Å². The predicted molar refractivity (Wildman–Crippen MR) is 58.8 cm³/mol. The van der Waals surface area contributed by atoms with E-state index in [9.17, 15) is 0 Å². The molecule has 0 N–H and O–H groups in total. The van der Waals surface area contributed by atoms with Crippen LogP contribution in [0.1, 0.15) is 18.4 Å². The molecule has 1 aliphatic heterocycles. The lowest BCUT2D eigenvalue weighted by Gasteiger charge is -2.23. The van der Waals surface area contributed by atoms with E-state index in [0.29, 0.717) is 0 Å². The number of rotatable bonds is 3. The fourth-order valence-electron chi connectivity index (χ4n) is 1.60. The highest BCUT2D eigenvalue weighted by Gasteiger charge is 2.15. The quantitative estimate of drug-likeness (QED) is 0.758. The van der Waals surface area contributed by atoms with Crippen LogP contribution in [-0.4, -0.2) is 24.3 Å². The molecule has 3 nitrogen and oxygen atoms in total. The molecule has 1 aromatic heterocycles. The third-order valence-corrected chi connectivity index (χ3v) is 2.44. The molecule has 2 heterocycles. The first kappa shape index (κ1) is 10.2. The van der Waals surface area contributed by atoms with E-state index in [-0.39, 0.29) is 6.10 Å². The van der Waals surface area contributed by atoms with Gasteiger partial charge in [0, 0.05) is 19.0 Å². The summed E-state index contributed by atoms with van der Waals surface area (Å²) in [5.41, 5.74) is 0.986. The van der Waals surface area contributed by atoms with Crippen LogP contribution in [0.3, 0.4) is 0 Å². The van der Waals surface area contributed by atoms with Gasteiger partial charge in [0.05, 0.1) is 19.4 Å². The summed E-state index contributed by atoms with van der Waals surface area (Å²) in [5.74, 6) is 0.819. The molecule has 0 aromatic carbocycles. The summed E-state index contributed by atoms with van der Waals surface area (Å²) < 4.78 is 11.1. The first-order chi connectivity index (χ1) is 7.38. The molecule has 0 amide bonds. The summed E-state index contributed by atoms with van der Waals surface area (Å²) in [6, 6.07) is 1.95. The van der Waals surface area contributed by atoms with E-state index in [1.54, 1.807) is 18.5 Å². The molecule has 0 unspecified atom stereocenters. The average Bonchev–Trinajstić information content (AvgIpc) is 2.31. The van der Waals surface area contributed by atoms with Gasteiger partial charge in [-0.3, -0.25) is 4.98 Å². The van der Waals surface area contributed by atoms with Crippen LogP contribution in [0.2, 0.25) is 0 Å². The Labute approximate surface area is 89.7 Å². The van der Waals surface area contributed by atoms with Crippen molar-refractivity contribution in [2.24, 2.45) is 0 Å². The van der Waals surface area contributed by atoms with Gasteiger partial charge in [-0.05, 0) is 11.6 Å². The lowest BCUT2D eigenvalue weighted by Crippen LogP contribution is -2.25. The van der Waals surface area contributed by atoms with E-state index < -0.39 is 0 Å². The van der Waals surface area contributed by atoms with E-state index >= 15 is 0 Å². The molecule has 0 bridgehead atoms. The molecule has 80 valence electrons. The normalized spacial score (nSPS) is 17.3. The Bertz CT molecular complexity index is 332. The number of hydrogen-bond donors (Lipinski definition) is 0. The number of ether oxygens (including phenoxy) is 2. The second-order valence-electron chi connectivity index (χ2n) is 3.59. The monoisotopic (exact) mass is 205 g/mol. The van der Waals surface area contributed by atoms with Crippen LogP contribution in [0.4, 0.5) is 0 Å². The molecule has 0 atom stereocenters. The summed E-state index contributed by atoms with van der Waals surface area (Å²) in [5, 5.41) is 0. The molecule has 1 aliphatic rings. The zero-order chi connectivity index (χ0) is 10.5. The maximum Gasteiger partial charge on any atom is 0.138 e. The van der Waals surface area contributed by atoms with Crippen molar-refractivity contribution < 1.29 is 9.47 Å². The molecular formula is C12H15NO2. The molecule has 0 spiro atoms. The highest BCUT2D eigenvalue weighted by molar-refractivity contribution is 5.47. The SMILES string of the molecule is C=Cc1cncc(OC2CCOCC2)c1. The van der Waals surface area contributed by atoms with Gasteiger partial charge in [0.25, 0.3) is 0 Å². The highest BCUT2D eigenvalue weighted by atomic mass is 16.5. The van der Waals surface area contributed by atoms with Crippen molar-refractivity contribution in [3.8, 4) is 5.75 Å². The average molecular weight is 205 g/mol. The summed E-state index contributed by atoms with van der Waals surface area (Å²) in [6.45, 7) is 5.29. The third-order valence-electron chi connectivity index (χ3n) is 2.44. The van der Waals surface area contributed by atoms with Crippen LogP contribution in [0.25, 0.3) is 6.08 Å². The lowest BCUT2D eigenvalue weighted by atomic mass is 10.1.